The molecule has 1 aliphatic rings. The Kier molecular flexibility index (Phi) is 3.78. The molecule has 0 unspecified atom stereocenters. The highest BCUT2D eigenvalue weighted by Gasteiger charge is 2.16. The zero-order valence-electron chi connectivity index (χ0n) is 14.9. The first-order chi connectivity index (χ1) is 13.3. The minimum atomic E-state index is 0.260. The Hall–Kier alpha value is -3.34. The van der Waals surface area contributed by atoms with Crippen LogP contribution >= 0.6 is 0 Å². The number of rotatable bonds is 4. The number of hydrogen-bond acceptors (Lipinski definition) is 5. The topological polar surface area (TPSA) is 77.0 Å². The zero-order valence-corrected chi connectivity index (χ0v) is 14.9. The molecule has 2 heterocycles. The van der Waals surface area contributed by atoms with Crippen molar-refractivity contribution in [3.63, 3.8) is 0 Å². The molecule has 0 aliphatic heterocycles. The third-order valence-corrected chi connectivity index (χ3v) is 5.16. The van der Waals surface area contributed by atoms with Gasteiger partial charge in [-0.15, -0.1) is 0 Å². The molecule has 0 amide bonds. The van der Waals surface area contributed by atoms with Gasteiger partial charge < -0.3 is 15.5 Å². The van der Waals surface area contributed by atoms with E-state index in [0.717, 1.165) is 34.5 Å². The highest BCUT2D eigenvalue weighted by molar-refractivity contribution is 6.02. The second-order valence-corrected chi connectivity index (χ2v) is 6.90. The summed E-state index contributed by atoms with van der Waals surface area (Å²) in [6, 6.07) is 16.7. The molecular formula is C22H20N4O. The second kappa shape index (κ2) is 6.43. The van der Waals surface area contributed by atoms with Crippen molar-refractivity contribution < 1.29 is 4.42 Å². The maximum atomic E-state index is 5.95. The molecule has 5 nitrogen and oxygen atoms in total. The second-order valence-electron chi connectivity index (χ2n) is 6.90. The normalized spacial score (nSPS) is 13.0. The smallest absolute Gasteiger partial charge is 0.222 e. The van der Waals surface area contributed by atoms with Gasteiger partial charge in [0.1, 0.15) is 11.6 Å². The Morgan fingerprint density at radius 1 is 1.00 bits per heavy atom. The van der Waals surface area contributed by atoms with Crippen LogP contribution in [0.2, 0.25) is 0 Å². The van der Waals surface area contributed by atoms with E-state index in [1.54, 1.807) is 6.26 Å². The van der Waals surface area contributed by atoms with Crippen LogP contribution in [0.15, 0.2) is 59.2 Å². The molecule has 0 atom stereocenters. The quantitative estimate of drug-likeness (QED) is 0.560. The molecular weight excluding hydrogens is 336 g/mol. The first-order valence-corrected chi connectivity index (χ1v) is 9.22. The molecule has 1 aliphatic carbocycles. The monoisotopic (exact) mass is 356 g/mol. The molecule has 0 radical (unpaired) electrons. The fourth-order valence-electron chi connectivity index (χ4n) is 3.89. The lowest BCUT2D eigenvalue weighted by Gasteiger charge is -2.13. The molecule has 0 spiro atoms. The van der Waals surface area contributed by atoms with Crippen LogP contribution in [0.3, 0.4) is 0 Å². The van der Waals surface area contributed by atoms with E-state index in [0.29, 0.717) is 6.54 Å². The van der Waals surface area contributed by atoms with Gasteiger partial charge in [0.2, 0.25) is 5.95 Å². The maximum absolute atomic E-state index is 5.95. The fourth-order valence-corrected chi connectivity index (χ4v) is 3.89. The molecule has 0 bridgehead atoms. The minimum Gasteiger partial charge on any atom is -0.467 e. The highest BCUT2D eigenvalue weighted by Crippen LogP contribution is 2.35. The molecule has 2 aromatic heterocycles. The maximum Gasteiger partial charge on any atom is 0.222 e. The summed E-state index contributed by atoms with van der Waals surface area (Å²) < 4.78 is 5.43. The molecule has 0 saturated heterocycles. The Morgan fingerprint density at radius 2 is 1.93 bits per heavy atom. The highest BCUT2D eigenvalue weighted by atomic mass is 16.3. The van der Waals surface area contributed by atoms with Gasteiger partial charge in [0.15, 0.2) is 0 Å². The van der Waals surface area contributed by atoms with E-state index in [9.17, 15) is 0 Å². The van der Waals surface area contributed by atoms with E-state index in [1.165, 1.54) is 29.5 Å². The summed E-state index contributed by atoms with van der Waals surface area (Å²) >= 11 is 0. The Balaban J connectivity index is 1.64. The largest absolute Gasteiger partial charge is 0.467 e. The molecule has 5 heteroatoms. The lowest BCUT2D eigenvalue weighted by Crippen LogP contribution is -2.05. The number of fused-ring (bicyclic) bond motifs is 2. The minimum absolute atomic E-state index is 0.260. The number of anilines is 2. The van der Waals surface area contributed by atoms with Crippen LogP contribution in [0.5, 0.6) is 0 Å². The van der Waals surface area contributed by atoms with Crippen molar-refractivity contribution in [3.05, 3.63) is 71.7 Å². The molecule has 27 heavy (non-hydrogen) atoms. The predicted octanol–water partition coefficient (Wildman–Crippen LogP) is 4.57. The summed E-state index contributed by atoms with van der Waals surface area (Å²) in [7, 11) is 0. The van der Waals surface area contributed by atoms with E-state index >= 15 is 0 Å². The number of nitrogens with zero attached hydrogens (tertiary/aromatic N) is 2. The molecule has 3 N–H and O–H groups in total. The lowest BCUT2D eigenvalue weighted by atomic mass is 9.97. The average molecular weight is 356 g/mol. The van der Waals surface area contributed by atoms with Crippen molar-refractivity contribution in [2.75, 3.05) is 11.1 Å². The zero-order chi connectivity index (χ0) is 18.2. The Morgan fingerprint density at radius 3 is 2.81 bits per heavy atom. The predicted molar refractivity (Wildman–Crippen MR) is 107 cm³/mol. The first-order valence-electron chi connectivity index (χ1n) is 9.22. The third-order valence-electron chi connectivity index (χ3n) is 5.16. The fraction of sp³-hybridized carbons (Fsp3) is 0.182. The molecule has 5 rings (SSSR count). The summed E-state index contributed by atoms with van der Waals surface area (Å²) in [5.74, 6) is 1.83. The summed E-state index contributed by atoms with van der Waals surface area (Å²) in [5.41, 5.74) is 12.0. The Bertz CT molecular complexity index is 1120. The van der Waals surface area contributed by atoms with Crippen molar-refractivity contribution in [3.8, 4) is 11.1 Å². The van der Waals surface area contributed by atoms with E-state index in [4.69, 9.17) is 10.2 Å². The lowest BCUT2D eigenvalue weighted by molar-refractivity contribution is 0.518. The summed E-state index contributed by atoms with van der Waals surface area (Å²) in [6.45, 7) is 0.539. The number of hydrogen-bond donors (Lipinski definition) is 2. The van der Waals surface area contributed by atoms with Crippen molar-refractivity contribution in [1.29, 1.82) is 0 Å². The van der Waals surface area contributed by atoms with Gasteiger partial charge in [-0.3, -0.25) is 0 Å². The van der Waals surface area contributed by atoms with Crippen molar-refractivity contribution >= 4 is 22.7 Å². The van der Waals surface area contributed by atoms with Crippen molar-refractivity contribution in [1.82, 2.24) is 9.97 Å². The van der Waals surface area contributed by atoms with E-state index in [2.05, 4.69) is 39.6 Å². The average Bonchev–Trinajstić information content (AvgIpc) is 3.36. The van der Waals surface area contributed by atoms with Gasteiger partial charge in [-0.25, -0.2) is 4.98 Å². The molecule has 4 aromatic rings. The van der Waals surface area contributed by atoms with Gasteiger partial charge in [-0.05, 0) is 59.7 Å². The van der Waals surface area contributed by atoms with E-state index in [1.807, 2.05) is 24.3 Å². The SMILES string of the molecule is Nc1nc(NCc2ccco2)c2c(-c3ccc4c(c3)CCC4)cccc2n1. The van der Waals surface area contributed by atoms with Gasteiger partial charge in [-0.1, -0.05) is 30.3 Å². The number of benzene rings is 2. The van der Waals surface area contributed by atoms with E-state index < -0.39 is 0 Å². The number of aryl methyl sites for hydroxylation is 2. The van der Waals surface area contributed by atoms with Gasteiger partial charge >= 0.3 is 0 Å². The summed E-state index contributed by atoms with van der Waals surface area (Å²) in [5, 5.41) is 4.35. The van der Waals surface area contributed by atoms with Crippen LogP contribution in [0.4, 0.5) is 11.8 Å². The van der Waals surface area contributed by atoms with Gasteiger partial charge in [-0.2, -0.15) is 4.98 Å². The summed E-state index contributed by atoms with van der Waals surface area (Å²) in [6.07, 6.45) is 5.24. The van der Waals surface area contributed by atoms with Crippen LogP contribution in [-0.2, 0) is 19.4 Å². The van der Waals surface area contributed by atoms with Crippen LogP contribution in [-0.4, -0.2) is 9.97 Å². The van der Waals surface area contributed by atoms with Crippen molar-refractivity contribution in [2.24, 2.45) is 0 Å². The van der Waals surface area contributed by atoms with Crippen LogP contribution in [0.25, 0.3) is 22.0 Å². The number of nitrogens with two attached hydrogens (primary N) is 1. The molecule has 0 saturated carbocycles. The van der Waals surface area contributed by atoms with Gasteiger partial charge in [0.05, 0.1) is 23.7 Å². The standard InChI is InChI=1S/C22H20N4O/c23-22-25-19-8-2-7-18(16-10-9-14-4-1-5-15(14)12-16)20(19)21(26-22)24-13-17-6-3-11-27-17/h2-3,6-12H,1,4-5,13H2,(H3,23,24,25,26). The van der Waals surface area contributed by atoms with Crippen LogP contribution in [0, 0.1) is 0 Å². The van der Waals surface area contributed by atoms with E-state index in [-0.39, 0.29) is 5.95 Å². The van der Waals surface area contributed by atoms with Gasteiger partial charge in [0.25, 0.3) is 0 Å². The first kappa shape index (κ1) is 15.9. The molecule has 0 fully saturated rings. The summed E-state index contributed by atoms with van der Waals surface area (Å²) in [4.78, 5) is 8.92. The van der Waals surface area contributed by atoms with Crippen molar-refractivity contribution in [2.45, 2.75) is 25.8 Å². The Labute approximate surface area is 157 Å². The van der Waals surface area contributed by atoms with Crippen LogP contribution < -0.4 is 11.1 Å². The number of aromatic nitrogens is 2. The number of furan rings is 1. The number of nitrogen functional groups attached to an aromatic ring is 1. The molecule has 134 valence electrons. The number of nitrogens with one attached hydrogen (secondary N) is 1. The van der Waals surface area contributed by atoms with Crippen LogP contribution in [0.1, 0.15) is 23.3 Å². The third kappa shape index (κ3) is 2.91. The molecule has 2 aromatic carbocycles. The van der Waals surface area contributed by atoms with Gasteiger partial charge in [0, 0.05) is 0 Å².